The van der Waals surface area contributed by atoms with Crippen molar-refractivity contribution in [3.8, 4) is 0 Å². The zero-order valence-electron chi connectivity index (χ0n) is 24.0. The molecule has 0 saturated carbocycles. The average Bonchev–Trinajstić information content (AvgIpc) is 3.30. The predicted molar refractivity (Wildman–Crippen MR) is 176 cm³/mol. The van der Waals surface area contributed by atoms with Gasteiger partial charge < -0.3 is 16.0 Å². The van der Waals surface area contributed by atoms with E-state index >= 15 is 0 Å². The van der Waals surface area contributed by atoms with Crippen LogP contribution in [-0.4, -0.2) is 34.8 Å². The standard InChI is InChI=1S/C34H27ClN4O5S/c1-21(40)36-25-10-14-27(15-11-25)39-31(41)20-30(34(39)44)45-28-16-12-26(13-17-28)37-33(43)29(19-22-6-5-9-24(35)18-22)38-32(42)23-7-3-2-4-8-23/h2-19,30H,20H2,1H3,(H,36,40)(H,37,43)(H,38,42)/b29-19-. The van der Waals surface area contributed by atoms with Crippen LogP contribution in [-0.2, 0) is 19.2 Å². The molecular weight excluding hydrogens is 612 g/mol. The number of nitrogens with zero attached hydrogens (tertiary/aromatic N) is 1. The molecule has 1 unspecified atom stereocenters. The van der Waals surface area contributed by atoms with Gasteiger partial charge in [-0.1, -0.05) is 41.9 Å². The molecule has 0 bridgehead atoms. The van der Waals surface area contributed by atoms with Crippen LogP contribution in [0, 0.1) is 0 Å². The molecule has 1 fully saturated rings. The van der Waals surface area contributed by atoms with Crippen molar-refractivity contribution in [3.05, 3.63) is 125 Å². The number of nitrogens with one attached hydrogen (secondary N) is 3. The van der Waals surface area contributed by atoms with Crippen LogP contribution >= 0.6 is 23.4 Å². The minimum atomic E-state index is -0.617. The van der Waals surface area contributed by atoms with Crippen molar-refractivity contribution in [2.45, 2.75) is 23.5 Å². The fraction of sp³-hybridized carbons (Fsp3) is 0.0882. The molecule has 9 nitrogen and oxygen atoms in total. The van der Waals surface area contributed by atoms with Crippen LogP contribution in [0.15, 0.2) is 114 Å². The van der Waals surface area contributed by atoms with Crippen LogP contribution < -0.4 is 20.9 Å². The lowest BCUT2D eigenvalue weighted by molar-refractivity contribution is -0.121. The molecule has 11 heteroatoms. The maximum absolute atomic E-state index is 13.3. The Morgan fingerprint density at radius 1 is 0.844 bits per heavy atom. The Bertz CT molecular complexity index is 1790. The van der Waals surface area contributed by atoms with Crippen molar-refractivity contribution >= 4 is 76.0 Å². The van der Waals surface area contributed by atoms with Gasteiger partial charge in [0.15, 0.2) is 0 Å². The van der Waals surface area contributed by atoms with Gasteiger partial charge in [-0.2, -0.15) is 0 Å². The number of imide groups is 1. The highest BCUT2D eigenvalue weighted by atomic mass is 35.5. The van der Waals surface area contributed by atoms with Crippen molar-refractivity contribution in [1.29, 1.82) is 0 Å². The predicted octanol–water partition coefficient (Wildman–Crippen LogP) is 6.13. The van der Waals surface area contributed by atoms with E-state index in [2.05, 4.69) is 16.0 Å². The molecule has 5 amide bonds. The highest BCUT2D eigenvalue weighted by Gasteiger charge is 2.40. The van der Waals surface area contributed by atoms with E-state index < -0.39 is 17.1 Å². The average molecular weight is 639 g/mol. The summed E-state index contributed by atoms with van der Waals surface area (Å²) in [6.07, 6.45) is 1.57. The first-order valence-corrected chi connectivity index (χ1v) is 15.1. The number of amides is 5. The van der Waals surface area contributed by atoms with Gasteiger partial charge in [0.2, 0.25) is 17.7 Å². The highest BCUT2D eigenvalue weighted by Crippen LogP contribution is 2.34. The first kappa shape index (κ1) is 31.2. The Labute approximate surface area is 268 Å². The number of rotatable bonds is 9. The first-order chi connectivity index (χ1) is 21.7. The summed E-state index contributed by atoms with van der Waals surface area (Å²) in [7, 11) is 0. The van der Waals surface area contributed by atoms with Crippen LogP contribution in [0.1, 0.15) is 29.3 Å². The second-order valence-electron chi connectivity index (χ2n) is 10.0. The number of halogens is 1. The molecule has 1 saturated heterocycles. The second kappa shape index (κ2) is 14.1. The van der Waals surface area contributed by atoms with Crippen molar-refractivity contribution in [3.63, 3.8) is 0 Å². The summed E-state index contributed by atoms with van der Waals surface area (Å²) < 4.78 is 0. The smallest absolute Gasteiger partial charge is 0.272 e. The van der Waals surface area contributed by atoms with E-state index in [4.69, 9.17) is 11.6 Å². The number of thioether (sulfide) groups is 1. The van der Waals surface area contributed by atoms with Crippen LogP contribution in [0.3, 0.4) is 0 Å². The number of benzene rings is 4. The fourth-order valence-corrected chi connectivity index (χ4v) is 5.80. The third kappa shape index (κ3) is 8.05. The van der Waals surface area contributed by atoms with Crippen LogP contribution in [0.5, 0.6) is 0 Å². The van der Waals surface area contributed by atoms with E-state index in [0.717, 1.165) is 9.80 Å². The molecule has 5 rings (SSSR count). The third-order valence-corrected chi connectivity index (χ3v) is 8.06. The first-order valence-electron chi connectivity index (χ1n) is 13.8. The molecule has 0 aromatic heterocycles. The Balaban J connectivity index is 1.26. The Morgan fingerprint density at radius 2 is 1.51 bits per heavy atom. The Kier molecular flexibility index (Phi) is 9.76. The van der Waals surface area contributed by atoms with E-state index in [9.17, 15) is 24.0 Å². The molecule has 1 aliphatic heterocycles. The number of hydrogen-bond donors (Lipinski definition) is 3. The van der Waals surface area contributed by atoms with Gasteiger partial charge in [0.05, 0.1) is 10.9 Å². The number of carbonyl (C=O) groups is 5. The van der Waals surface area contributed by atoms with Gasteiger partial charge in [0.25, 0.3) is 11.8 Å². The largest absolute Gasteiger partial charge is 0.326 e. The highest BCUT2D eigenvalue weighted by molar-refractivity contribution is 8.00. The monoisotopic (exact) mass is 638 g/mol. The molecule has 0 spiro atoms. The topological polar surface area (TPSA) is 125 Å². The second-order valence-corrected chi connectivity index (χ2v) is 11.7. The Hall–Kier alpha value is -5.19. The third-order valence-electron chi connectivity index (χ3n) is 6.63. The maximum Gasteiger partial charge on any atom is 0.272 e. The molecule has 226 valence electrons. The minimum Gasteiger partial charge on any atom is -0.326 e. The van der Waals surface area contributed by atoms with Gasteiger partial charge in [-0.25, -0.2) is 4.90 Å². The van der Waals surface area contributed by atoms with Crippen LogP contribution in [0.4, 0.5) is 17.1 Å². The molecule has 0 radical (unpaired) electrons. The molecule has 45 heavy (non-hydrogen) atoms. The molecule has 0 aliphatic carbocycles. The Morgan fingerprint density at radius 3 is 2.18 bits per heavy atom. The summed E-state index contributed by atoms with van der Waals surface area (Å²) in [6.45, 7) is 1.40. The van der Waals surface area contributed by atoms with Crippen molar-refractivity contribution in [1.82, 2.24) is 5.32 Å². The zero-order chi connectivity index (χ0) is 31.9. The molecule has 1 atom stereocenters. The van der Waals surface area contributed by atoms with Gasteiger partial charge in [-0.3, -0.25) is 24.0 Å². The maximum atomic E-state index is 13.3. The zero-order valence-corrected chi connectivity index (χ0v) is 25.5. The molecule has 1 aliphatic rings. The van der Waals surface area contributed by atoms with Crippen LogP contribution in [0.25, 0.3) is 6.08 Å². The lowest BCUT2D eigenvalue weighted by Gasteiger charge is -2.15. The number of hydrogen-bond acceptors (Lipinski definition) is 6. The summed E-state index contributed by atoms with van der Waals surface area (Å²) >= 11 is 7.37. The van der Waals surface area contributed by atoms with E-state index in [1.807, 2.05) is 0 Å². The summed E-state index contributed by atoms with van der Waals surface area (Å²) in [6, 6.07) is 28.8. The summed E-state index contributed by atoms with van der Waals surface area (Å²) in [5.41, 5.74) is 2.50. The fourth-order valence-electron chi connectivity index (χ4n) is 4.55. The van der Waals surface area contributed by atoms with Crippen molar-refractivity contribution < 1.29 is 24.0 Å². The number of carbonyl (C=O) groups excluding carboxylic acids is 5. The van der Waals surface area contributed by atoms with Crippen LogP contribution in [0.2, 0.25) is 5.02 Å². The quantitative estimate of drug-likeness (QED) is 0.150. The molecule has 4 aromatic carbocycles. The van der Waals surface area contributed by atoms with Crippen molar-refractivity contribution in [2.75, 3.05) is 15.5 Å². The SMILES string of the molecule is CC(=O)Nc1ccc(N2C(=O)CC(Sc3ccc(NC(=O)/C(=C/c4cccc(Cl)c4)NC(=O)c4ccccc4)cc3)C2=O)cc1. The van der Waals surface area contributed by atoms with Gasteiger partial charge >= 0.3 is 0 Å². The summed E-state index contributed by atoms with van der Waals surface area (Å²) in [5.74, 6) is -1.86. The number of anilines is 3. The normalized spacial score (nSPS) is 14.7. The lowest BCUT2D eigenvalue weighted by Crippen LogP contribution is -2.31. The van der Waals surface area contributed by atoms with Gasteiger partial charge in [0, 0.05) is 40.2 Å². The van der Waals surface area contributed by atoms with E-state index in [-0.39, 0.29) is 29.8 Å². The van der Waals surface area contributed by atoms with E-state index in [0.29, 0.717) is 33.2 Å². The van der Waals surface area contributed by atoms with E-state index in [1.165, 1.54) is 24.8 Å². The molecule has 1 heterocycles. The summed E-state index contributed by atoms with van der Waals surface area (Å²) in [5, 5.41) is 8.00. The minimum absolute atomic E-state index is 0.0184. The van der Waals surface area contributed by atoms with Gasteiger partial charge in [-0.05, 0) is 84.4 Å². The summed E-state index contributed by atoms with van der Waals surface area (Å²) in [4.78, 5) is 65.2. The lowest BCUT2D eigenvalue weighted by atomic mass is 10.1. The molecule has 4 aromatic rings. The van der Waals surface area contributed by atoms with Crippen molar-refractivity contribution in [2.24, 2.45) is 0 Å². The van der Waals surface area contributed by atoms with E-state index in [1.54, 1.807) is 103 Å². The van der Waals surface area contributed by atoms with Gasteiger partial charge in [0.1, 0.15) is 5.70 Å². The van der Waals surface area contributed by atoms with Gasteiger partial charge in [-0.15, -0.1) is 11.8 Å². The molecule has 3 N–H and O–H groups in total. The molecular formula is C34H27ClN4O5S.